The smallest absolute Gasteiger partial charge is 0.274 e. The minimum Gasteiger partial charge on any atom is -0.385 e. The highest BCUT2D eigenvalue weighted by molar-refractivity contribution is 5.92. The van der Waals surface area contributed by atoms with Crippen molar-refractivity contribution in [2.75, 3.05) is 33.4 Å². The van der Waals surface area contributed by atoms with Crippen LogP contribution in [0.2, 0.25) is 0 Å². The fourth-order valence-electron chi connectivity index (χ4n) is 3.22. The molecule has 2 fully saturated rings. The number of hydrogen-bond donors (Lipinski definition) is 0. The quantitative estimate of drug-likeness (QED) is 0.807. The number of likely N-dealkylation sites (tertiary alicyclic amines) is 1. The average Bonchev–Trinajstić information content (AvgIpc) is 3.11. The average molecular weight is 279 g/mol. The zero-order chi connectivity index (χ0) is 14.1. The maximum atomic E-state index is 12.4. The van der Waals surface area contributed by atoms with Crippen LogP contribution in [0.5, 0.6) is 0 Å². The molecule has 110 valence electrons. The van der Waals surface area contributed by atoms with Crippen LogP contribution in [0, 0.1) is 11.8 Å². The van der Waals surface area contributed by atoms with Crippen LogP contribution in [-0.2, 0) is 16.5 Å². The Kier molecular flexibility index (Phi) is 3.76. The molecule has 1 aromatic rings. The van der Waals surface area contributed by atoms with Gasteiger partial charge in [-0.3, -0.25) is 4.79 Å². The van der Waals surface area contributed by atoms with Gasteiger partial charge in [0.1, 0.15) is 5.69 Å². The van der Waals surface area contributed by atoms with Crippen molar-refractivity contribution < 1.29 is 14.3 Å². The van der Waals surface area contributed by atoms with Gasteiger partial charge in [0.2, 0.25) is 0 Å². The first kappa shape index (κ1) is 13.6. The standard InChI is InChI=1S/C14H21N3O3/c1-16-6-12(15-9-16)14(18)17-5-11-10(3-4-19-2)8-20-13(11)7-17/h6,9-11,13H,3-5,7-8H2,1-2H3/t10-,11-,13-/m0/s1. The lowest BCUT2D eigenvalue weighted by Gasteiger charge is -2.18. The maximum Gasteiger partial charge on any atom is 0.274 e. The van der Waals surface area contributed by atoms with Crippen molar-refractivity contribution in [3.05, 3.63) is 18.2 Å². The number of hydrogen-bond acceptors (Lipinski definition) is 4. The van der Waals surface area contributed by atoms with Crippen LogP contribution in [0.4, 0.5) is 0 Å². The fourth-order valence-corrected chi connectivity index (χ4v) is 3.22. The van der Waals surface area contributed by atoms with Crippen molar-refractivity contribution in [1.82, 2.24) is 14.5 Å². The Labute approximate surface area is 118 Å². The normalized spacial score (nSPS) is 28.9. The second-order valence-electron chi connectivity index (χ2n) is 5.71. The number of aromatic nitrogens is 2. The van der Waals surface area contributed by atoms with Gasteiger partial charge in [0, 0.05) is 46.0 Å². The van der Waals surface area contributed by atoms with Gasteiger partial charge in [0.05, 0.1) is 19.0 Å². The number of aryl methyl sites for hydroxylation is 1. The summed E-state index contributed by atoms with van der Waals surface area (Å²) >= 11 is 0. The van der Waals surface area contributed by atoms with Crippen LogP contribution in [0.3, 0.4) is 0 Å². The molecule has 0 saturated carbocycles. The molecule has 3 rings (SSSR count). The van der Waals surface area contributed by atoms with Gasteiger partial charge >= 0.3 is 0 Å². The third kappa shape index (κ3) is 2.45. The number of amides is 1. The molecule has 2 saturated heterocycles. The zero-order valence-electron chi connectivity index (χ0n) is 12.0. The van der Waals surface area contributed by atoms with Crippen molar-refractivity contribution in [3.8, 4) is 0 Å². The van der Waals surface area contributed by atoms with Crippen molar-refractivity contribution in [2.24, 2.45) is 18.9 Å². The molecule has 1 aromatic heterocycles. The van der Waals surface area contributed by atoms with Crippen LogP contribution in [0.25, 0.3) is 0 Å². The molecule has 0 aliphatic carbocycles. The Morgan fingerprint density at radius 1 is 1.55 bits per heavy atom. The van der Waals surface area contributed by atoms with Crippen molar-refractivity contribution in [3.63, 3.8) is 0 Å². The van der Waals surface area contributed by atoms with Crippen molar-refractivity contribution in [2.45, 2.75) is 12.5 Å². The first-order valence-corrected chi connectivity index (χ1v) is 7.07. The first-order valence-electron chi connectivity index (χ1n) is 7.07. The van der Waals surface area contributed by atoms with Crippen molar-refractivity contribution >= 4 is 5.91 Å². The number of ether oxygens (including phenoxy) is 2. The molecule has 2 aliphatic rings. The van der Waals surface area contributed by atoms with Crippen LogP contribution < -0.4 is 0 Å². The van der Waals surface area contributed by atoms with E-state index in [0.29, 0.717) is 24.1 Å². The SMILES string of the molecule is COCC[C@H]1CO[C@H]2CN(C(=O)c3cn(C)cn3)C[C@@H]12. The van der Waals surface area contributed by atoms with Gasteiger partial charge in [-0.05, 0) is 12.3 Å². The minimum atomic E-state index is 0.00842. The summed E-state index contributed by atoms with van der Waals surface area (Å²) in [5.74, 6) is 0.952. The number of imidazole rings is 1. The van der Waals surface area contributed by atoms with Crippen LogP contribution in [-0.4, -0.2) is 59.9 Å². The summed E-state index contributed by atoms with van der Waals surface area (Å²) in [5.41, 5.74) is 0.515. The summed E-state index contributed by atoms with van der Waals surface area (Å²) in [6.07, 6.45) is 4.61. The molecule has 0 spiro atoms. The van der Waals surface area contributed by atoms with E-state index >= 15 is 0 Å². The molecule has 0 bridgehead atoms. The van der Waals surface area contributed by atoms with E-state index in [2.05, 4.69) is 4.98 Å². The van der Waals surface area contributed by atoms with E-state index in [1.807, 2.05) is 11.9 Å². The lowest BCUT2D eigenvalue weighted by Crippen LogP contribution is -2.31. The Morgan fingerprint density at radius 2 is 2.40 bits per heavy atom. The highest BCUT2D eigenvalue weighted by Gasteiger charge is 2.45. The fraction of sp³-hybridized carbons (Fsp3) is 0.714. The molecule has 3 heterocycles. The third-order valence-electron chi connectivity index (χ3n) is 4.34. The predicted octanol–water partition coefficient (Wildman–Crippen LogP) is 0.544. The monoisotopic (exact) mass is 279 g/mol. The summed E-state index contributed by atoms with van der Waals surface area (Å²) in [5, 5.41) is 0. The minimum absolute atomic E-state index is 0.00842. The summed E-state index contributed by atoms with van der Waals surface area (Å²) in [4.78, 5) is 18.4. The highest BCUT2D eigenvalue weighted by atomic mass is 16.5. The number of methoxy groups -OCH3 is 1. The summed E-state index contributed by atoms with van der Waals surface area (Å²) < 4.78 is 12.8. The lowest BCUT2D eigenvalue weighted by molar-refractivity contribution is 0.0662. The summed E-state index contributed by atoms with van der Waals surface area (Å²) in [7, 11) is 3.59. The Balaban J connectivity index is 1.63. The van der Waals surface area contributed by atoms with Crippen LogP contribution >= 0.6 is 0 Å². The van der Waals surface area contributed by atoms with E-state index in [1.165, 1.54) is 0 Å². The van der Waals surface area contributed by atoms with E-state index < -0.39 is 0 Å². The molecule has 0 aromatic carbocycles. The Morgan fingerprint density at radius 3 is 3.10 bits per heavy atom. The van der Waals surface area contributed by atoms with E-state index in [9.17, 15) is 4.79 Å². The molecule has 6 nitrogen and oxygen atoms in total. The number of nitrogens with zero attached hydrogens (tertiary/aromatic N) is 3. The molecule has 2 aliphatic heterocycles. The molecule has 3 atom stereocenters. The van der Waals surface area contributed by atoms with Gasteiger partial charge in [0.25, 0.3) is 5.91 Å². The third-order valence-corrected chi connectivity index (χ3v) is 4.34. The predicted molar refractivity (Wildman–Crippen MR) is 72.3 cm³/mol. The lowest BCUT2D eigenvalue weighted by atomic mass is 9.91. The van der Waals surface area contributed by atoms with E-state index in [4.69, 9.17) is 9.47 Å². The van der Waals surface area contributed by atoms with Gasteiger partial charge in [-0.1, -0.05) is 0 Å². The summed E-state index contributed by atoms with van der Waals surface area (Å²) in [6.45, 7) is 3.01. The van der Waals surface area contributed by atoms with Gasteiger partial charge in [-0.15, -0.1) is 0 Å². The summed E-state index contributed by atoms with van der Waals surface area (Å²) in [6, 6.07) is 0. The number of rotatable bonds is 4. The molecule has 0 radical (unpaired) electrons. The van der Waals surface area contributed by atoms with Gasteiger partial charge in [-0.25, -0.2) is 4.98 Å². The molecular weight excluding hydrogens is 258 g/mol. The van der Waals surface area contributed by atoms with E-state index in [1.54, 1.807) is 24.2 Å². The number of carbonyl (C=O) groups is 1. The second-order valence-corrected chi connectivity index (χ2v) is 5.71. The first-order chi connectivity index (χ1) is 9.69. The molecule has 20 heavy (non-hydrogen) atoms. The van der Waals surface area contributed by atoms with Crippen LogP contribution in [0.1, 0.15) is 16.9 Å². The Hall–Kier alpha value is -1.40. The number of carbonyl (C=O) groups excluding carboxylic acids is 1. The number of fused-ring (bicyclic) bond motifs is 1. The molecule has 0 N–H and O–H groups in total. The Bertz CT molecular complexity index is 488. The zero-order valence-corrected chi connectivity index (χ0v) is 12.0. The molecular formula is C14H21N3O3. The molecule has 0 unspecified atom stereocenters. The molecule has 6 heteroatoms. The van der Waals surface area contributed by atoms with Crippen LogP contribution in [0.15, 0.2) is 12.5 Å². The highest BCUT2D eigenvalue weighted by Crippen LogP contribution is 2.35. The maximum absolute atomic E-state index is 12.4. The van der Waals surface area contributed by atoms with E-state index in [-0.39, 0.29) is 12.0 Å². The topological polar surface area (TPSA) is 56.6 Å². The van der Waals surface area contributed by atoms with Gasteiger partial charge in [0.15, 0.2) is 0 Å². The van der Waals surface area contributed by atoms with Gasteiger partial charge in [-0.2, -0.15) is 0 Å². The van der Waals surface area contributed by atoms with Crippen molar-refractivity contribution in [1.29, 1.82) is 0 Å². The largest absolute Gasteiger partial charge is 0.385 e. The van der Waals surface area contributed by atoms with E-state index in [0.717, 1.165) is 26.2 Å². The van der Waals surface area contributed by atoms with Gasteiger partial charge < -0.3 is 18.9 Å². The molecule has 1 amide bonds. The second kappa shape index (κ2) is 5.54.